The van der Waals surface area contributed by atoms with Gasteiger partial charge in [-0.25, -0.2) is 4.79 Å². The molecule has 0 saturated carbocycles. The molecule has 1 N–H and O–H groups in total. The Kier molecular flexibility index (Phi) is 4.30. The summed E-state index contributed by atoms with van der Waals surface area (Å²) in [6.07, 6.45) is 0. The maximum Gasteiger partial charge on any atom is 0.335 e. The molecule has 0 aliphatic carbocycles. The molecule has 13 heavy (non-hydrogen) atoms. The van der Waals surface area contributed by atoms with E-state index in [0.717, 1.165) is 16.7 Å². The molecule has 0 atom stereocenters. The van der Waals surface area contributed by atoms with Crippen LogP contribution in [0.15, 0.2) is 12.1 Å². The van der Waals surface area contributed by atoms with E-state index in [1.54, 1.807) is 6.07 Å². The van der Waals surface area contributed by atoms with Gasteiger partial charge in [0.15, 0.2) is 0 Å². The van der Waals surface area contributed by atoms with Crippen LogP contribution in [0.5, 0.6) is 0 Å². The molecule has 0 aliphatic rings. The third kappa shape index (κ3) is 2.64. The van der Waals surface area contributed by atoms with E-state index in [2.05, 4.69) is 0 Å². The van der Waals surface area contributed by atoms with E-state index < -0.39 is 5.97 Å². The SMILES string of the molecule is Cc1cc(C)c(C)c(C(=O)O)c1.[Ga]. The zero-order chi connectivity index (χ0) is 9.30. The summed E-state index contributed by atoms with van der Waals surface area (Å²) < 4.78 is 0. The number of aryl methyl sites for hydroxylation is 2. The van der Waals surface area contributed by atoms with Gasteiger partial charge < -0.3 is 5.11 Å². The number of hydrogen-bond donors (Lipinski definition) is 1. The Balaban J connectivity index is 0.00000144. The van der Waals surface area contributed by atoms with Crippen LogP contribution in [0.4, 0.5) is 0 Å². The van der Waals surface area contributed by atoms with Crippen LogP contribution < -0.4 is 0 Å². The number of benzene rings is 1. The van der Waals surface area contributed by atoms with Crippen LogP contribution in [0.3, 0.4) is 0 Å². The van der Waals surface area contributed by atoms with Gasteiger partial charge in [-0.1, -0.05) is 6.07 Å². The second-order valence-corrected chi connectivity index (χ2v) is 3.06. The van der Waals surface area contributed by atoms with Crippen molar-refractivity contribution in [2.24, 2.45) is 0 Å². The molecule has 0 saturated heterocycles. The van der Waals surface area contributed by atoms with Crippen LogP contribution in [0.2, 0.25) is 0 Å². The molecule has 0 bridgehead atoms. The van der Waals surface area contributed by atoms with E-state index in [-0.39, 0.29) is 19.8 Å². The number of carboxylic acid groups (broad SMARTS) is 1. The molecule has 1 aromatic rings. The quantitative estimate of drug-likeness (QED) is 0.753. The normalized spacial score (nSPS) is 9.15. The van der Waals surface area contributed by atoms with E-state index >= 15 is 0 Å². The van der Waals surface area contributed by atoms with Crippen LogP contribution in [0.25, 0.3) is 0 Å². The third-order valence-electron chi connectivity index (χ3n) is 2.04. The summed E-state index contributed by atoms with van der Waals surface area (Å²) in [7, 11) is 0. The van der Waals surface area contributed by atoms with Crippen molar-refractivity contribution >= 4 is 25.8 Å². The minimum atomic E-state index is -0.848. The van der Waals surface area contributed by atoms with Crippen molar-refractivity contribution in [1.82, 2.24) is 0 Å². The summed E-state index contributed by atoms with van der Waals surface area (Å²) in [6, 6.07) is 3.69. The number of rotatable bonds is 1. The molecular weight excluding hydrogens is 222 g/mol. The predicted molar refractivity (Wildman–Crippen MR) is 53.4 cm³/mol. The molecule has 1 rings (SSSR count). The number of hydrogen-bond acceptors (Lipinski definition) is 1. The molecule has 2 nitrogen and oxygen atoms in total. The van der Waals surface area contributed by atoms with E-state index in [1.165, 1.54) is 0 Å². The number of carbonyl (C=O) groups is 1. The minimum Gasteiger partial charge on any atom is -0.478 e. The number of carboxylic acids is 1. The average Bonchev–Trinajstić information content (AvgIpc) is 1.96. The van der Waals surface area contributed by atoms with Crippen molar-refractivity contribution in [3.63, 3.8) is 0 Å². The van der Waals surface area contributed by atoms with E-state index in [0.29, 0.717) is 5.56 Å². The zero-order valence-electron chi connectivity index (χ0n) is 8.09. The Morgan fingerprint density at radius 1 is 1.23 bits per heavy atom. The summed E-state index contributed by atoms with van der Waals surface area (Å²) in [5.41, 5.74) is 3.29. The molecule has 0 spiro atoms. The maximum atomic E-state index is 10.7. The fourth-order valence-corrected chi connectivity index (χ4v) is 1.26. The Morgan fingerprint density at radius 3 is 2.23 bits per heavy atom. The Hall–Kier alpha value is -0.674. The van der Waals surface area contributed by atoms with Gasteiger partial charge in [0.1, 0.15) is 0 Å². The second kappa shape index (κ2) is 4.53. The monoisotopic (exact) mass is 233 g/mol. The summed E-state index contributed by atoms with van der Waals surface area (Å²) in [6.45, 7) is 5.66. The van der Waals surface area contributed by atoms with Crippen molar-refractivity contribution in [3.05, 3.63) is 34.4 Å². The first-order valence-corrected chi connectivity index (χ1v) is 3.83. The molecule has 0 aromatic heterocycles. The molecule has 3 heteroatoms. The van der Waals surface area contributed by atoms with Gasteiger partial charge in [-0.05, 0) is 43.5 Å². The minimum absolute atomic E-state index is 0. The Morgan fingerprint density at radius 2 is 1.77 bits per heavy atom. The average molecular weight is 234 g/mol. The molecule has 3 radical (unpaired) electrons. The first kappa shape index (κ1) is 12.3. The van der Waals surface area contributed by atoms with Gasteiger partial charge in [-0.15, -0.1) is 0 Å². The van der Waals surface area contributed by atoms with Crippen molar-refractivity contribution < 1.29 is 9.90 Å². The molecule has 67 valence electrons. The van der Waals surface area contributed by atoms with Crippen molar-refractivity contribution in [1.29, 1.82) is 0 Å². The fourth-order valence-electron chi connectivity index (χ4n) is 1.26. The van der Waals surface area contributed by atoms with Crippen LogP contribution in [-0.4, -0.2) is 30.9 Å². The van der Waals surface area contributed by atoms with Crippen molar-refractivity contribution in [2.45, 2.75) is 20.8 Å². The standard InChI is InChI=1S/C10H12O2.Ga/c1-6-4-7(2)8(3)9(5-6)10(11)12;/h4-5H,1-3H3,(H,11,12);. The van der Waals surface area contributed by atoms with Crippen molar-refractivity contribution in [3.8, 4) is 0 Å². The van der Waals surface area contributed by atoms with Gasteiger partial charge in [-0.2, -0.15) is 0 Å². The molecule has 0 aliphatic heterocycles. The molecule has 1 aromatic carbocycles. The summed E-state index contributed by atoms with van der Waals surface area (Å²) in [5.74, 6) is -0.848. The van der Waals surface area contributed by atoms with Gasteiger partial charge in [0.2, 0.25) is 0 Å². The first-order chi connectivity index (χ1) is 5.52. The van der Waals surface area contributed by atoms with Crippen LogP contribution in [0.1, 0.15) is 27.0 Å². The topological polar surface area (TPSA) is 37.3 Å². The zero-order valence-corrected chi connectivity index (χ0v) is 10.5. The van der Waals surface area contributed by atoms with E-state index in [4.69, 9.17) is 5.11 Å². The predicted octanol–water partition coefficient (Wildman–Crippen LogP) is 1.93. The first-order valence-electron chi connectivity index (χ1n) is 3.83. The smallest absolute Gasteiger partial charge is 0.335 e. The molecule has 0 amide bonds. The van der Waals surface area contributed by atoms with Gasteiger partial charge in [0, 0.05) is 19.8 Å². The van der Waals surface area contributed by atoms with Crippen LogP contribution >= 0.6 is 0 Å². The van der Waals surface area contributed by atoms with Crippen LogP contribution in [-0.2, 0) is 0 Å². The summed E-state index contributed by atoms with van der Waals surface area (Å²) in [5, 5.41) is 8.81. The van der Waals surface area contributed by atoms with Gasteiger partial charge in [0.25, 0.3) is 0 Å². The Bertz CT molecular complexity index is 332. The van der Waals surface area contributed by atoms with Gasteiger partial charge in [-0.3, -0.25) is 0 Å². The van der Waals surface area contributed by atoms with E-state index in [1.807, 2.05) is 26.8 Å². The maximum absolute atomic E-state index is 10.7. The Labute approximate surface area is 91.0 Å². The molecule has 0 heterocycles. The van der Waals surface area contributed by atoms with E-state index in [9.17, 15) is 4.79 Å². The fraction of sp³-hybridized carbons (Fsp3) is 0.300. The molecule has 0 fully saturated rings. The molecule has 0 unspecified atom stereocenters. The third-order valence-corrected chi connectivity index (χ3v) is 2.04. The largest absolute Gasteiger partial charge is 0.478 e. The number of aromatic carboxylic acids is 1. The van der Waals surface area contributed by atoms with Gasteiger partial charge in [0.05, 0.1) is 5.56 Å². The summed E-state index contributed by atoms with van der Waals surface area (Å²) >= 11 is 0. The second-order valence-electron chi connectivity index (χ2n) is 3.06. The van der Waals surface area contributed by atoms with Crippen LogP contribution in [0, 0.1) is 20.8 Å². The molecular formula is C10H12GaO2. The van der Waals surface area contributed by atoms with Crippen molar-refractivity contribution in [2.75, 3.05) is 0 Å². The summed E-state index contributed by atoms with van der Waals surface area (Å²) in [4.78, 5) is 10.7. The van der Waals surface area contributed by atoms with Gasteiger partial charge >= 0.3 is 5.97 Å².